The van der Waals surface area contributed by atoms with E-state index in [0.29, 0.717) is 25.3 Å². The van der Waals surface area contributed by atoms with Crippen molar-refractivity contribution in [3.05, 3.63) is 70.7 Å². The molecule has 1 unspecified atom stereocenters. The average molecular weight is 395 g/mol. The molecule has 0 spiro atoms. The molecule has 1 aromatic heterocycles. The van der Waals surface area contributed by atoms with Crippen LogP contribution in [-0.2, 0) is 4.74 Å². The van der Waals surface area contributed by atoms with E-state index in [9.17, 15) is 9.18 Å². The number of halogens is 1. The summed E-state index contributed by atoms with van der Waals surface area (Å²) in [6.45, 7) is 7.43. The predicted molar refractivity (Wildman–Crippen MR) is 112 cm³/mol. The van der Waals surface area contributed by atoms with Crippen LogP contribution in [0.15, 0.2) is 42.5 Å². The minimum absolute atomic E-state index is 0.0246. The van der Waals surface area contributed by atoms with Crippen molar-refractivity contribution >= 4 is 16.8 Å². The van der Waals surface area contributed by atoms with Gasteiger partial charge in [-0.1, -0.05) is 12.1 Å². The van der Waals surface area contributed by atoms with Crippen LogP contribution in [0, 0.1) is 19.7 Å². The normalized spacial score (nSPS) is 16.1. The Morgan fingerprint density at radius 3 is 2.62 bits per heavy atom. The number of morpholine rings is 1. The molecule has 2 heterocycles. The molecule has 1 fully saturated rings. The number of nitrogens with zero attached hydrogens (tertiary/aromatic N) is 1. The number of ether oxygens (including phenoxy) is 1. The summed E-state index contributed by atoms with van der Waals surface area (Å²) < 4.78 is 18.8. The van der Waals surface area contributed by atoms with Crippen LogP contribution >= 0.6 is 0 Å². The molecular weight excluding hydrogens is 369 g/mol. The summed E-state index contributed by atoms with van der Waals surface area (Å²) in [5.74, 6) is -0.366. The zero-order valence-electron chi connectivity index (χ0n) is 16.8. The fourth-order valence-electron chi connectivity index (χ4n) is 3.93. The maximum absolute atomic E-state index is 13.4. The average Bonchev–Trinajstić information content (AvgIpc) is 3.03. The number of aromatic nitrogens is 1. The van der Waals surface area contributed by atoms with Gasteiger partial charge >= 0.3 is 0 Å². The second-order valence-corrected chi connectivity index (χ2v) is 7.56. The van der Waals surface area contributed by atoms with Crippen molar-refractivity contribution in [2.45, 2.75) is 19.9 Å². The number of amides is 1. The number of hydrogen-bond donors (Lipinski definition) is 2. The van der Waals surface area contributed by atoms with Gasteiger partial charge in [-0.3, -0.25) is 9.69 Å². The Hall–Kier alpha value is -2.70. The monoisotopic (exact) mass is 395 g/mol. The molecular formula is C23H26FN3O2. The third-order valence-electron chi connectivity index (χ3n) is 5.77. The lowest BCUT2D eigenvalue weighted by atomic mass is 10.0. The van der Waals surface area contributed by atoms with Gasteiger partial charge in [0.05, 0.1) is 19.3 Å². The lowest BCUT2D eigenvalue weighted by Gasteiger charge is -2.35. The van der Waals surface area contributed by atoms with Crippen LogP contribution in [0.1, 0.15) is 33.2 Å². The first kappa shape index (κ1) is 19.6. The summed E-state index contributed by atoms with van der Waals surface area (Å²) in [6.07, 6.45) is 0. The predicted octanol–water partition coefficient (Wildman–Crippen LogP) is 3.73. The first-order valence-corrected chi connectivity index (χ1v) is 9.97. The zero-order chi connectivity index (χ0) is 20.4. The molecule has 5 nitrogen and oxygen atoms in total. The molecule has 0 saturated carbocycles. The molecule has 1 amide bonds. The lowest BCUT2D eigenvalue weighted by molar-refractivity contribution is 0.0162. The van der Waals surface area contributed by atoms with E-state index in [1.807, 2.05) is 25.1 Å². The van der Waals surface area contributed by atoms with Crippen molar-refractivity contribution < 1.29 is 13.9 Å². The van der Waals surface area contributed by atoms with Gasteiger partial charge in [0.15, 0.2) is 0 Å². The number of carbonyl (C=O) groups is 1. The highest BCUT2D eigenvalue weighted by Crippen LogP contribution is 2.24. The molecule has 1 aliphatic heterocycles. The number of aromatic amines is 1. The van der Waals surface area contributed by atoms with Gasteiger partial charge in [0, 0.05) is 41.8 Å². The molecule has 3 aromatic rings. The smallest absolute Gasteiger partial charge is 0.251 e. The van der Waals surface area contributed by atoms with Crippen LogP contribution < -0.4 is 5.32 Å². The summed E-state index contributed by atoms with van der Waals surface area (Å²) >= 11 is 0. The Morgan fingerprint density at radius 1 is 1.17 bits per heavy atom. The summed E-state index contributed by atoms with van der Waals surface area (Å²) in [4.78, 5) is 18.5. The number of hydrogen-bond acceptors (Lipinski definition) is 3. The maximum atomic E-state index is 13.4. The zero-order valence-corrected chi connectivity index (χ0v) is 16.8. The van der Waals surface area contributed by atoms with Gasteiger partial charge in [-0.05, 0) is 55.3 Å². The molecule has 0 radical (unpaired) electrons. The van der Waals surface area contributed by atoms with Gasteiger partial charge in [-0.2, -0.15) is 0 Å². The first-order chi connectivity index (χ1) is 14.0. The summed E-state index contributed by atoms with van der Waals surface area (Å²) in [5, 5.41) is 4.14. The molecule has 29 heavy (non-hydrogen) atoms. The highest BCUT2D eigenvalue weighted by atomic mass is 19.1. The molecule has 2 N–H and O–H groups in total. The van der Waals surface area contributed by atoms with Crippen molar-refractivity contribution in [3.8, 4) is 0 Å². The van der Waals surface area contributed by atoms with E-state index in [0.717, 1.165) is 40.8 Å². The third kappa shape index (κ3) is 4.18. The van der Waals surface area contributed by atoms with E-state index in [1.54, 1.807) is 12.1 Å². The first-order valence-electron chi connectivity index (χ1n) is 9.97. The SMILES string of the molecule is Cc1[nH]c2ccc(C(=O)NCC(c3ccc(F)cc3)N3CCOCC3)cc2c1C. The molecule has 1 saturated heterocycles. The number of fused-ring (bicyclic) bond motifs is 1. The van der Waals surface area contributed by atoms with Crippen LogP contribution in [0.5, 0.6) is 0 Å². The van der Waals surface area contributed by atoms with Crippen molar-refractivity contribution in [1.29, 1.82) is 0 Å². The van der Waals surface area contributed by atoms with Crippen LogP contribution in [0.25, 0.3) is 10.9 Å². The van der Waals surface area contributed by atoms with Gasteiger partial charge < -0.3 is 15.0 Å². The Balaban J connectivity index is 1.52. The number of nitrogens with one attached hydrogen (secondary N) is 2. The second-order valence-electron chi connectivity index (χ2n) is 7.56. The van der Waals surface area contributed by atoms with E-state index in [-0.39, 0.29) is 17.8 Å². The van der Waals surface area contributed by atoms with Gasteiger partial charge in [0.1, 0.15) is 5.82 Å². The highest BCUT2D eigenvalue weighted by Gasteiger charge is 2.23. The Kier molecular flexibility index (Phi) is 5.65. The van der Waals surface area contributed by atoms with Gasteiger partial charge in [-0.25, -0.2) is 4.39 Å². The molecule has 1 atom stereocenters. The molecule has 0 bridgehead atoms. The second kappa shape index (κ2) is 8.35. The van der Waals surface area contributed by atoms with Crippen molar-refractivity contribution in [1.82, 2.24) is 15.2 Å². The Bertz CT molecular complexity index is 1010. The summed E-state index contributed by atoms with van der Waals surface area (Å²) in [5.41, 5.74) is 4.93. The maximum Gasteiger partial charge on any atom is 0.251 e. The van der Waals surface area contributed by atoms with Crippen LogP contribution in [0.2, 0.25) is 0 Å². The van der Waals surface area contributed by atoms with E-state index in [4.69, 9.17) is 4.74 Å². The van der Waals surface area contributed by atoms with Gasteiger partial charge in [0.2, 0.25) is 0 Å². The standard InChI is InChI=1S/C23H26FN3O2/c1-15-16(2)26-21-8-5-18(13-20(15)21)23(28)25-14-22(27-9-11-29-12-10-27)17-3-6-19(24)7-4-17/h3-8,13,22,26H,9-12,14H2,1-2H3,(H,25,28). The summed E-state index contributed by atoms with van der Waals surface area (Å²) in [6, 6.07) is 12.2. The van der Waals surface area contributed by atoms with E-state index >= 15 is 0 Å². The molecule has 152 valence electrons. The molecule has 0 aliphatic carbocycles. The summed E-state index contributed by atoms with van der Waals surface area (Å²) in [7, 11) is 0. The van der Waals surface area contributed by atoms with E-state index in [2.05, 4.69) is 22.1 Å². The highest BCUT2D eigenvalue weighted by molar-refractivity contribution is 5.99. The Morgan fingerprint density at radius 2 is 1.90 bits per heavy atom. The number of carbonyl (C=O) groups excluding carboxylic acids is 1. The van der Waals surface area contributed by atoms with Crippen LogP contribution in [0.4, 0.5) is 4.39 Å². The molecule has 2 aromatic carbocycles. The number of aryl methyl sites for hydroxylation is 2. The van der Waals surface area contributed by atoms with Crippen LogP contribution in [0.3, 0.4) is 0 Å². The molecule has 4 rings (SSSR count). The van der Waals surface area contributed by atoms with Crippen LogP contribution in [-0.4, -0.2) is 48.6 Å². The lowest BCUT2D eigenvalue weighted by Crippen LogP contribution is -2.43. The fourth-order valence-corrected chi connectivity index (χ4v) is 3.93. The van der Waals surface area contributed by atoms with Gasteiger partial charge in [0.25, 0.3) is 5.91 Å². The fraction of sp³-hybridized carbons (Fsp3) is 0.348. The minimum atomic E-state index is -0.260. The minimum Gasteiger partial charge on any atom is -0.379 e. The quantitative estimate of drug-likeness (QED) is 0.692. The van der Waals surface area contributed by atoms with E-state index in [1.165, 1.54) is 12.1 Å². The largest absolute Gasteiger partial charge is 0.379 e. The molecule has 1 aliphatic rings. The number of benzene rings is 2. The number of rotatable bonds is 5. The van der Waals surface area contributed by atoms with E-state index < -0.39 is 0 Å². The number of H-pyrrole nitrogens is 1. The van der Waals surface area contributed by atoms with Crippen molar-refractivity contribution in [2.75, 3.05) is 32.8 Å². The van der Waals surface area contributed by atoms with Crippen molar-refractivity contribution in [3.63, 3.8) is 0 Å². The van der Waals surface area contributed by atoms with Gasteiger partial charge in [-0.15, -0.1) is 0 Å². The molecule has 6 heteroatoms. The van der Waals surface area contributed by atoms with Crippen molar-refractivity contribution in [2.24, 2.45) is 0 Å². The Labute approximate surface area is 169 Å². The third-order valence-corrected chi connectivity index (χ3v) is 5.77. The topological polar surface area (TPSA) is 57.4 Å².